The Balaban J connectivity index is 1.48. The molecule has 33 heavy (non-hydrogen) atoms. The summed E-state index contributed by atoms with van der Waals surface area (Å²) in [6.07, 6.45) is 1.39. The van der Waals surface area contributed by atoms with Crippen LogP contribution in [0.2, 0.25) is 15.1 Å². The van der Waals surface area contributed by atoms with Crippen LogP contribution in [0.25, 0.3) is 6.08 Å². The fourth-order valence-electron chi connectivity index (χ4n) is 3.03. The highest BCUT2D eigenvalue weighted by molar-refractivity contribution is 6.37. The van der Waals surface area contributed by atoms with Gasteiger partial charge in [0.2, 0.25) is 6.79 Å². The minimum absolute atomic E-state index is 0.119. The zero-order valence-corrected chi connectivity index (χ0v) is 19.2. The van der Waals surface area contributed by atoms with Gasteiger partial charge in [0.1, 0.15) is 18.2 Å². The Hall–Kier alpha value is -3.37. The van der Waals surface area contributed by atoms with E-state index in [0.29, 0.717) is 27.8 Å². The molecule has 0 saturated carbocycles. The molecule has 0 unspecified atom stereocenters. The van der Waals surface area contributed by atoms with Crippen molar-refractivity contribution in [1.82, 2.24) is 0 Å². The Morgan fingerprint density at radius 2 is 1.73 bits per heavy atom. The molecule has 0 spiro atoms. The molecule has 1 amide bonds. The number of nitrogens with one attached hydrogen (secondary N) is 1. The van der Waals surface area contributed by atoms with Crippen molar-refractivity contribution in [3.05, 3.63) is 86.4 Å². The van der Waals surface area contributed by atoms with Crippen molar-refractivity contribution in [2.24, 2.45) is 0 Å². The molecule has 0 radical (unpaired) electrons. The first-order chi connectivity index (χ1) is 15.9. The lowest BCUT2D eigenvalue weighted by Gasteiger charge is -2.12. The van der Waals surface area contributed by atoms with E-state index in [0.717, 1.165) is 5.56 Å². The summed E-state index contributed by atoms with van der Waals surface area (Å²) < 4.78 is 16.5. The average Bonchev–Trinajstić information content (AvgIpc) is 3.26. The molecule has 0 saturated heterocycles. The van der Waals surface area contributed by atoms with Gasteiger partial charge in [0, 0.05) is 10.7 Å². The zero-order valence-electron chi connectivity index (χ0n) is 16.9. The van der Waals surface area contributed by atoms with E-state index < -0.39 is 5.91 Å². The fourth-order valence-corrected chi connectivity index (χ4v) is 3.77. The van der Waals surface area contributed by atoms with E-state index in [2.05, 4.69) is 5.32 Å². The normalized spacial score (nSPS) is 12.2. The second-order valence-electron chi connectivity index (χ2n) is 6.92. The van der Waals surface area contributed by atoms with Crippen molar-refractivity contribution in [1.29, 1.82) is 5.26 Å². The quantitative estimate of drug-likeness (QED) is 0.308. The minimum atomic E-state index is -0.574. The number of rotatable bonds is 6. The van der Waals surface area contributed by atoms with Gasteiger partial charge in [-0.1, -0.05) is 40.9 Å². The number of halogens is 3. The summed E-state index contributed by atoms with van der Waals surface area (Å²) in [5.41, 5.74) is 1.71. The van der Waals surface area contributed by atoms with Crippen LogP contribution in [0.4, 0.5) is 5.69 Å². The monoisotopic (exact) mass is 500 g/mol. The Morgan fingerprint density at radius 1 is 1.03 bits per heavy atom. The van der Waals surface area contributed by atoms with Crippen molar-refractivity contribution < 1.29 is 19.0 Å². The summed E-state index contributed by atoms with van der Waals surface area (Å²) in [5.74, 6) is 1.04. The number of carbonyl (C=O) groups excluding carboxylic acids is 1. The maximum atomic E-state index is 12.5. The van der Waals surface area contributed by atoms with Crippen LogP contribution in [0.3, 0.4) is 0 Å². The van der Waals surface area contributed by atoms with Crippen molar-refractivity contribution >= 4 is 52.5 Å². The largest absolute Gasteiger partial charge is 0.486 e. The van der Waals surface area contributed by atoms with E-state index in [1.165, 1.54) is 6.08 Å². The first-order valence-electron chi connectivity index (χ1n) is 9.62. The summed E-state index contributed by atoms with van der Waals surface area (Å²) in [5, 5.41) is 13.1. The van der Waals surface area contributed by atoms with E-state index >= 15 is 0 Å². The number of hydrogen-bond acceptors (Lipinski definition) is 5. The first kappa shape index (κ1) is 22.8. The lowest BCUT2D eigenvalue weighted by atomic mass is 10.1. The van der Waals surface area contributed by atoms with Crippen LogP contribution in [-0.4, -0.2) is 12.7 Å². The van der Waals surface area contributed by atoms with Crippen LogP contribution >= 0.6 is 34.8 Å². The van der Waals surface area contributed by atoms with Crippen LogP contribution in [0.15, 0.2) is 60.2 Å². The molecular weight excluding hydrogens is 487 g/mol. The number of nitriles is 1. The number of ether oxygens (including phenoxy) is 3. The molecule has 0 aromatic heterocycles. The van der Waals surface area contributed by atoms with Gasteiger partial charge in [0.05, 0.1) is 10.0 Å². The molecule has 6 nitrogen and oxygen atoms in total. The Labute approximate surface area is 204 Å². The molecule has 0 bridgehead atoms. The third kappa shape index (κ3) is 5.52. The van der Waals surface area contributed by atoms with Gasteiger partial charge in [0.25, 0.3) is 5.91 Å². The number of carbonyl (C=O) groups is 1. The van der Waals surface area contributed by atoms with Crippen LogP contribution < -0.4 is 19.5 Å². The van der Waals surface area contributed by atoms with E-state index in [-0.39, 0.29) is 34.8 Å². The van der Waals surface area contributed by atoms with E-state index in [9.17, 15) is 10.1 Å². The zero-order chi connectivity index (χ0) is 23.4. The maximum Gasteiger partial charge on any atom is 0.266 e. The SMILES string of the molecule is N#C/C(=C/c1cc(Cl)c(OCc2ccc3c(c2)OCO3)c(Cl)c1)C(=O)Nc1ccc(Cl)cc1. The average molecular weight is 502 g/mol. The van der Waals surface area contributed by atoms with Gasteiger partial charge in [-0.15, -0.1) is 0 Å². The second kappa shape index (κ2) is 10.1. The van der Waals surface area contributed by atoms with Gasteiger partial charge in [0.15, 0.2) is 17.2 Å². The van der Waals surface area contributed by atoms with E-state index in [1.54, 1.807) is 42.5 Å². The number of nitrogens with zero attached hydrogens (tertiary/aromatic N) is 1. The molecule has 4 rings (SSSR count). The van der Waals surface area contributed by atoms with Gasteiger partial charge in [-0.25, -0.2) is 0 Å². The lowest BCUT2D eigenvalue weighted by molar-refractivity contribution is -0.112. The number of hydrogen-bond donors (Lipinski definition) is 1. The summed E-state index contributed by atoms with van der Waals surface area (Å²) >= 11 is 18.6. The van der Waals surface area contributed by atoms with Crippen LogP contribution in [0.1, 0.15) is 11.1 Å². The molecule has 9 heteroatoms. The summed E-state index contributed by atoms with van der Waals surface area (Å²) in [6, 6.07) is 17.0. The molecule has 3 aromatic rings. The van der Waals surface area contributed by atoms with Gasteiger partial charge in [-0.3, -0.25) is 4.79 Å². The highest BCUT2D eigenvalue weighted by Gasteiger charge is 2.16. The van der Waals surface area contributed by atoms with Crippen LogP contribution in [0, 0.1) is 11.3 Å². The molecule has 1 N–H and O–H groups in total. The predicted molar refractivity (Wildman–Crippen MR) is 127 cm³/mol. The summed E-state index contributed by atoms with van der Waals surface area (Å²) in [7, 11) is 0. The minimum Gasteiger partial charge on any atom is -0.486 e. The summed E-state index contributed by atoms with van der Waals surface area (Å²) in [6.45, 7) is 0.396. The molecule has 0 fully saturated rings. The number of amides is 1. The second-order valence-corrected chi connectivity index (χ2v) is 8.17. The lowest BCUT2D eigenvalue weighted by Crippen LogP contribution is -2.13. The molecule has 1 heterocycles. The molecule has 0 aliphatic carbocycles. The van der Waals surface area contributed by atoms with Crippen molar-refractivity contribution in [3.8, 4) is 23.3 Å². The topological polar surface area (TPSA) is 80.6 Å². The third-order valence-electron chi connectivity index (χ3n) is 4.62. The van der Waals surface area contributed by atoms with Crippen molar-refractivity contribution in [2.75, 3.05) is 12.1 Å². The van der Waals surface area contributed by atoms with Crippen molar-refractivity contribution in [3.63, 3.8) is 0 Å². The summed E-state index contributed by atoms with van der Waals surface area (Å²) in [4.78, 5) is 12.5. The Bertz CT molecular complexity index is 1260. The van der Waals surface area contributed by atoms with Gasteiger partial charge >= 0.3 is 0 Å². The van der Waals surface area contributed by atoms with E-state index in [1.807, 2.05) is 18.2 Å². The van der Waals surface area contributed by atoms with Gasteiger partial charge < -0.3 is 19.5 Å². The smallest absolute Gasteiger partial charge is 0.266 e. The molecule has 3 aromatic carbocycles. The number of benzene rings is 3. The van der Waals surface area contributed by atoms with Crippen molar-refractivity contribution in [2.45, 2.75) is 6.61 Å². The highest BCUT2D eigenvalue weighted by Crippen LogP contribution is 2.37. The number of anilines is 1. The molecular formula is C24H15Cl3N2O4. The standard InChI is InChI=1S/C24H15Cl3N2O4/c25-17-2-4-18(5-3-17)29-24(30)16(11-28)7-15-8-19(26)23(20(27)9-15)31-12-14-1-6-21-22(10-14)33-13-32-21/h1-10H,12-13H2,(H,29,30)/b16-7-. The maximum absolute atomic E-state index is 12.5. The van der Waals surface area contributed by atoms with E-state index in [4.69, 9.17) is 49.0 Å². The van der Waals surface area contributed by atoms with Gasteiger partial charge in [-0.2, -0.15) is 5.26 Å². The highest BCUT2D eigenvalue weighted by atomic mass is 35.5. The fraction of sp³-hybridized carbons (Fsp3) is 0.0833. The molecule has 166 valence electrons. The number of fused-ring (bicyclic) bond motifs is 1. The third-order valence-corrected chi connectivity index (χ3v) is 5.43. The first-order valence-corrected chi connectivity index (χ1v) is 10.8. The van der Waals surface area contributed by atoms with Crippen LogP contribution in [0.5, 0.6) is 17.2 Å². The predicted octanol–water partition coefficient (Wildman–Crippen LogP) is 6.50. The molecule has 1 aliphatic rings. The molecule has 0 atom stereocenters. The molecule has 1 aliphatic heterocycles. The Kier molecular flexibility index (Phi) is 6.95. The Morgan fingerprint density at radius 3 is 2.42 bits per heavy atom. The van der Waals surface area contributed by atoms with Gasteiger partial charge in [-0.05, 0) is 65.7 Å². The van der Waals surface area contributed by atoms with Crippen LogP contribution in [-0.2, 0) is 11.4 Å².